The number of hydrogen-bond donors (Lipinski definition) is 1. The van der Waals surface area contributed by atoms with Gasteiger partial charge < -0.3 is 10.0 Å². The molecule has 0 saturated carbocycles. The summed E-state index contributed by atoms with van der Waals surface area (Å²) in [6.07, 6.45) is 0. The second-order valence-electron chi connectivity index (χ2n) is 6.33. The molecule has 1 saturated heterocycles. The highest BCUT2D eigenvalue weighted by molar-refractivity contribution is 7.99. The van der Waals surface area contributed by atoms with Gasteiger partial charge in [-0.05, 0) is 35.4 Å². The Morgan fingerprint density at radius 3 is 2.60 bits per heavy atom. The van der Waals surface area contributed by atoms with Crippen molar-refractivity contribution in [2.75, 3.05) is 24.7 Å². The Kier molecular flexibility index (Phi) is 5.57. The number of anilines is 1. The van der Waals surface area contributed by atoms with Crippen molar-refractivity contribution in [1.82, 2.24) is 4.90 Å². The minimum absolute atomic E-state index is 0.00618. The lowest BCUT2D eigenvalue weighted by Crippen LogP contribution is -2.38. The highest BCUT2D eigenvalue weighted by Crippen LogP contribution is 2.42. The fourth-order valence-electron chi connectivity index (χ4n) is 3.00. The number of carbonyl (C=O) groups is 1. The van der Waals surface area contributed by atoms with Gasteiger partial charge in [0.25, 0.3) is 0 Å². The number of hydrogen-bond acceptors (Lipinski definition) is 4. The van der Waals surface area contributed by atoms with Gasteiger partial charge in [0.2, 0.25) is 0 Å². The number of benzene rings is 2. The number of carboxylic acid groups (broad SMARTS) is 1. The van der Waals surface area contributed by atoms with Crippen LogP contribution in [0.25, 0.3) is 0 Å². The molecule has 1 aliphatic rings. The molecule has 6 heteroatoms. The van der Waals surface area contributed by atoms with E-state index in [1.807, 2.05) is 48.2 Å². The largest absolute Gasteiger partial charge is 0.480 e. The zero-order chi connectivity index (χ0) is 18.0. The van der Waals surface area contributed by atoms with Crippen LogP contribution in [-0.2, 0) is 11.3 Å². The number of nitrogens with zero attached hydrogens (tertiary/aromatic N) is 2. The van der Waals surface area contributed by atoms with E-state index < -0.39 is 12.0 Å². The van der Waals surface area contributed by atoms with Gasteiger partial charge in [-0.25, -0.2) is 0 Å². The van der Waals surface area contributed by atoms with E-state index >= 15 is 0 Å². The molecule has 2 unspecified atom stereocenters. The van der Waals surface area contributed by atoms with Crippen LogP contribution < -0.4 is 4.90 Å². The molecule has 2 aromatic rings. The maximum atomic E-state index is 11.7. The van der Waals surface area contributed by atoms with Crippen LogP contribution in [0, 0.1) is 0 Å². The number of aliphatic carboxylic acids is 1. The normalized spacial score (nSPS) is 20.6. The summed E-state index contributed by atoms with van der Waals surface area (Å²) in [6, 6.07) is 15.4. The van der Waals surface area contributed by atoms with Crippen LogP contribution in [0.4, 0.5) is 5.69 Å². The maximum Gasteiger partial charge on any atom is 0.321 e. The Morgan fingerprint density at radius 1 is 1.28 bits per heavy atom. The zero-order valence-corrected chi connectivity index (χ0v) is 15.8. The summed E-state index contributed by atoms with van der Waals surface area (Å²) in [6.45, 7) is 0.592. The van der Waals surface area contributed by atoms with Crippen molar-refractivity contribution in [3.63, 3.8) is 0 Å². The standard InChI is InChI=1S/C19H21ClN2O2S/c1-21(2)16-8-6-13(7-9-16)11-22-17(19(23)24)12-25-18(22)14-4-3-5-15(20)10-14/h3-10,17-18H,11-12H2,1-2H3,(H,23,24). The number of halogens is 1. The third kappa shape index (κ3) is 4.11. The van der Waals surface area contributed by atoms with Crippen molar-refractivity contribution in [3.05, 3.63) is 64.7 Å². The van der Waals surface area contributed by atoms with Crippen LogP contribution in [0.15, 0.2) is 48.5 Å². The fraction of sp³-hybridized carbons (Fsp3) is 0.316. The minimum Gasteiger partial charge on any atom is -0.480 e. The molecule has 4 nitrogen and oxygen atoms in total. The predicted molar refractivity (Wildman–Crippen MR) is 104 cm³/mol. The molecule has 1 heterocycles. The van der Waals surface area contributed by atoms with Crippen LogP contribution in [0.3, 0.4) is 0 Å². The first kappa shape index (κ1) is 18.1. The van der Waals surface area contributed by atoms with Gasteiger partial charge in [0, 0.05) is 37.1 Å². The molecular weight excluding hydrogens is 356 g/mol. The van der Waals surface area contributed by atoms with Crippen molar-refractivity contribution in [2.45, 2.75) is 18.0 Å². The van der Waals surface area contributed by atoms with Gasteiger partial charge in [-0.1, -0.05) is 35.9 Å². The second-order valence-corrected chi connectivity index (χ2v) is 7.88. The van der Waals surface area contributed by atoms with E-state index in [0.717, 1.165) is 16.8 Å². The maximum absolute atomic E-state index is 11.7. The molecule has 0 aromatic heterocycles. The van der Waals surface area contributed by atoms with Crippen molar-refractivity contribution >= 4 is 35.0 Å². The molecule has 1 N–H and O–H groups in total. The minimum atomic E-state index is -0.776. The molecule has 132 valence electrons. The fourth-order valence-corrected chi connectivity index (χ4v) is 4.65. The molecular formula is C19H21ClN2O2S. The van der Waals surface area contributed by atoms with Crippen LogP contribution in [0.1, 0.15) is 16.5 Å². The van der Waals surface area contributed by atoms with Crippen LogP contribution >= 0.6 is 23.4 Å². The summed E-state index contributed by atoms with van der Waals surface area (Å²) in [5.41, 5.74) is 3.28. The average molecular weight is 377 g/mol. The van der Waals surface area contributed by atoms with E-state index in [4.69, 9.17) is 11.6 Å². The van der Waals surface area contributed by atoms with Crippen molar-refractivity contribution in [2.24, 2.45) is 0 Å². The van der Waals surface area contributed by atoms with Gasteiger partial charge in [-0.3, -0.25) is 9.69 Å². The SMILES string of the molecule is CN(C)c1ccc(CN2C(C(=O)O)CSC2c2cccc(Cl)c2)cc1. The lowest BCUT2D eigenvalue weighted by molar-refractivity contribution is -0.142. The van der Waals surface area contributed by atoms with E-state index in [0.29, 0.717) is 17.3 Å². The first-order valence-electron chi connectivity index (χ1n) is 8.07. The van der Waals surface area contributed by atoms with Crippen LogP contribution in [0.2, 0.25) is 5.02 Å². The monoisotopic (exact) mass is 376 g/mol. The van der Waals surface area contributed by atoms with Gasteiger partial charge in [0.05, 0.1) is 5.37 Å². The number of rotatable bonds is 5. The smallest absolute Gasteiger partial charge is 0.321 e. The van der Waals surface area contributed by atoms with E-state index in [2.05, 4.69) is 24.3 Å². The van der Waals surface area contributed by atoms with Gasteiger partial charge >= 0.3 is 5.97 Å². The summed E-state index contributed by atoms with van der Waals surface area (Å²) in [5, 5.41) is 10.3. The van der Waals surface area contributed by atoms with E-state index in [9.17, 15) is 9.90 Å². The highest BCUT2D eigenvalue weighted by Gasteiger charge is 2.39. The predicted octanol–water partition coefficient (Wildman–Crippen LogP) is 4.11. The first-order chi connectivity index (χ1) is 12.0. The molecule has 0 bridgehead atoms. The summed E-state index contributed by atoms with van der Waals surface area (Å²) in [7, 11) is 4.00. The molecule has 2 atom stereocenters. The summed E-state index contributed by atoms with van der Waals surface area (Å²) in [4.78, 5) is 15.8. The van der Waals surface area contributed by atoms with Crippen molar-refractivity contribution < 1.29 is 9.90 Å². The Labute approximate surface area is 157 Å². The second kappa shape index (κ2) is 7.68. The summed E-state index contributed by atoms with van der Waals surface area (Å²) in [5.74, 6) is -0.204. The molecule has 0 aliphatic carbocycles. The molecule has 0 spiro atoms. The number of thioether (sulfide) groups is 1. The molecule has 0 amide bonds. The highest BCUT2D eigenvalue weighted by atomic mass is 35.5. The molecule has 1 aliphatic heterocycles. The lowest BCUT2D eigenvalue weighted by atomic mass is 10.1. The number of carboxylic acids is 1. The van der Waals surface area contributed by atoms with E-state index in [-0.39, 0.29) is 5.37 Å². The summed E-state index contributed by atoms with van der Waals surface area (Å²) < 4.78 is 0. The molecule has 1 fully saturated rings. The van der Waals surface area contributed by atoms with Crippen LogP contribution in [0.5, 0.6) is 0 Å². The molecule has 25 heavy (non-hydrogen) atoms. The topological polar surface area (TPSA) is 43.8 Å². The van der Waals surface area contributed by atoms with Gasteiger partial charge in [-0.2, -0.15) is 0 Å². The lowest BCUT2D eigenvalue weighted by Gasteiger charge is -2.27. The zero-order valence-electron chi connectivity index (χ0n) is 14.2. The molecule has 2 aromatic carbocycles. The van der Waals surface area contributed by atoms with Gasteiger partial charge in [0.15, 0.2) is 0 Å². The molecule has 3 rings (SSSR count). The Balaban J connectivity index is 1.86. The Bertz CT molecular complexity index is 751. The third-order valence-corrected chi connectivity index (χ3v) is 5.95. The van der Waals surface area contributed by atoms with Crippen molar-refractivity contribution in [1.29, 1.82) is 0 Å². The Hall–Kier alpha value is -1.69. The van der Waals surface area contributed by atoms with E-state index in [1.165, 1.54) is 0 Å². The van der Waals surface area contributed by atoms with Gasteiger partial charge in [-0.15, -0.1) is 11.8 Å². The van der Waals surface area contributed by atoms with Crippen LogP contribution in [-0.4, -0.2) is 41.9 Å². The first-order valence-corrected chi connectivity index (χ1v) is 9.50. The third-order valence-electron chi connectivity index (χ3n) is 4.35. The summed E-state index contributed by atoms with van der Waals surface area (Å²) >= 11 is 7.78. The quantitative estimate of drug-likeness (QED) is 0.850. The molecule has 0 radical (unpaired) electrons. The van der Waals surface area contributed by atoms with Gasteiger partial charge in [0.1, 0.15) is 6.04 Å². The van der Waals surface area contributed by atoms with Crippen molar-refractivity contribution in [3.8, 4) is 0 Å². The van der Waals surface area contributed by atoms with E-state index in [1.54, 1.807) is 11.8 Å². The Morgan fingerprint density at radius 2 is 2.00 bits per heavy atom. The average Bonchev–Trinajstić information content (AvgIpc) is 2.99.